The summed E-state index contributed by atoms with van der Waals surface area (Å²) in [6, 6.07) is -0.315. The zero-order valence-corrected chi connectivity index (χ0v) is 9.61. The van der Waals surface area contributed by atoms with E-state index in [1.807, 2.05) is 6.92 Å². The summed E-state index contributed by atoms with van der Waals surface area (Å²) in [6.07, 6.45) is 2.91. The third kappa shape index (κ3) is 3.47. The number of nitrogens with zero attached hydrogens (tertiary/aromatic N) is 1. The van der Waals surface area contributed by atoms with E-state index in [0.29, 0.717) is 12.3 Å². The maximum Gasteiger partial charge on any atom is 0.320 e. The first kappa shape index (κ1) is 12.5. The Balaban J connectivity index is 2.50. The van der Waals surface area contributed by atoms with Crippen molar-refractivity contribution in [2.75, 3.05) is 26.8 Å². The van der Waals surface area contributed by atoms with Crippen molar-refractivity contribution < 1.29 is 14.6 Å². The van der Waals surface area contributed by atoms with Crippen LogP contribution in [0.4, 0.5) is 0 Å². The lowest BCUT2D eigenvalue weighted by molar-refractivity contribution is -0.144. The van der Waals surface area contributed by atoms with Crippen LogP contribution < -0.4 is 0 Å². The topological polar surface area (TPSA) is 49.8 Å². The van der Waals surface area contributed by atoms with E-state index in [2.05, 4.69) is 4.90 Å². The summed E-state index contributed by atoms with van der Waals surface area (Å²) >= 11 is 0. The van der Waals surface area contributed by atoms with Crippen LogP contribution in [0, 0.1) is 5.92 Å². The Morgan fingerprint density at radius 1 is 1.67 bits per heavy atom. The molecule has 2 atom stereocenters. The summed E-state index contributed by atoms with van der Waals surface area (Å²) < 4.78 is 5.13. The van der Waals surface area contributed by atoms with Crippen molar-refractivity contribution >= 4 is 5.97 Å². The van der Waals surface area contributed by atoms with Gasteiger partial charge in [0.25, 0.3) is 0 Å². The molecule has 2 unspecified atom stereocenters. The fourth-order valence-corrected chi connectivity index (χ4v) is 2.34. The number of carbonyl (C=O) groups is 1. The van der Waals surface area contributed by atoms with Gasteiger partial charge in [0.1, 0.15) is 6.04 Å². The summed E-state index contributed by atoms with van der Waals surface area (Å²) in [4.78, 5) is 13.1. The van der Waals surface area contributed by atoms with Crippen LogP contribution in [0.3, 0.4) is 0 Å². The van der Waals surface area contributed by atoms with Gasteiger partial charge >= 0.3 is 5.97 Å². The molecule has 1 aliphatic heterocycles. The van der Waals surface area contributed by atoms with Gasteiger partial charge in [0.2, 0.25) is 0 Å². The van der Waals surface area contributed by atoms with Crippen molar-refractivity contribution in [3.8, 4) is 0 Å². The van der Waals surface area contributed by atoms with E-state index < -0.39 is 5.97 Å². The van der Waals surface area contributed by atoms with Crippen LogP contribution in [0.5, 0.6) is 0 Å². The van der Waals surface area contributed by atoms with E-state index in [9.17, 15) is 4.79 Å². The summed E-state index contributed by atoms with van der Waals surface area (Å²) in [6.45, 7) is 4.44. The molecule has 4 nitrogen and oxygen atoms in total. The largest absolute Gasteiger partial charge is 0.480 e. The normalized spacial score (nSPS) is 25.1. The van der Waals surface area contributed by atoms with Gasteiger partial charge in [-0.2, -0.15) is 0 Å². The Morgan fingerprint density at radius 3 is 2.93 bits per heavy atom. The van der Waals surface area contributed by atoms with Crippen molar-refractivity contribution in [2.24, 2.45) is 5.92 Å². The van der Waals surface area contributed by atoms with Crippen LogP contribution in [0.1, 0.15) is 26.2 Å². The van der Waals surface area contributed by atoms with E-state index in [0.717, 1.165) is 32.5 Å². The van der Waals surface area contributed by atoms with Gasteiger partial charge < -0.3 is 9.84 Å². The molecule has 0 spiro atoms. The van der Waals surface area contributed by atoms with Gasteiger partial charge in [-0.1, -0.05) is 6.92 Å². The second-order valence-corrected chi connectivity index (χ2v) is 4.22. The molecule has 0 aromatic carbocycles. The number of methoxy groups -OCH3 is 1. The van der Waals surface area contributed by atoms with Gasteiger partial charge in [-0.25, -0.2) is 0 Å². The number of hydrogen-bond acceptors (Lipinski definition) is 3. The zero-order chi connectivity index (χ0) is 11.3. The minimum Gasteiger partial charge on any atom is -0.480 e. The fourth-order valence-electron chi connectivity index (χ4n) is 2.34. The van der Waals surface area contributed by atoms with Gasteiger partial charge in [-0.15, -0.1) is 0 Å². The SMILES string of the molecule is CCC(C(=O)O)N1CCCC(COC)C1. The first-order valence-corrected chi connectivity index (χ1v) is 5.64. The molecule has 0 aromatic rings. The molecule has 1 fully saturated rings. The van der Waals surface area contributed by atoms with Gasteiger partial charge in [0.05, 0.1) is 6.61 Å². The number of piperidine rings is 1. The molecule has 1 saturated heterocycles. The van der Waals surface area contributed by atoms with Crippen LogP contribution in [-0.4, -0.2) is 48.8 Å². The Morgan fingerprint density at radius 2 is 2.40 bits per heavy atom. The molecule has 1 N–H and O–H groups in total. The predicted molar refractivity (Wildman–Crippen MR) is 57.9 cm³/mol. The number of likely N-dealkylation sites (tertiary alicyclic amines) is 1. The predicted octanol–water partition coefficient (Wildman–Crippen LogP) is 1.21. The number of hydrogen-bond donors (Lipinski definition) is 1. The maximum atomic E-state index is 11.0. The number of carboxylic acids is 1. The van der Waals surface area contributed by atoms with E-state index >= 15 is 0 Å². The molecule has 15 heavy (non-hydrogen) atoms. The molecule has 0 amide bonds. The minimum atomic E-state index is -0.699. The van der Waals surface area contributed by atoms with Crippen molar-refractivity contribution in [3.05, 3.63) is 0 Å². The van der Waals surface area contributed by atoms with Crippen molar-refractivity contribution in [3.63, 3.8) is 0 Å². The van der Waals surface area contributed by atoms with Gasteiger partial charge in [-0.05, 0) is 31.7 Å². The van der Waals surface area contributed by atoms with Crippen molar-refractivity contribution in [1.82, 2.24) is 4.90 Å². The first-order chi connectivity index (χ1) is 7.19. The van der Waals surface area contributed by atoms with Crippen molar-refractivity contribution in [1.29, 1.82) is 0 Å². The number of carboxylic acid groups (broad SMARTS) is 1. The highest BCUT2D eigenvalue weighted by Crippen LogP contribution is 2.19. The van der Waals surface area contributed by atoms with Crippen LogP contribution in [-0.2, 0) is 9.53 Å². The molecule has 0 bridgehead atoms. The van der Waals surface area contributed by atoms with E-state index in [-0.39, 0.29) is 6.04 Å². The standard InChI is InChI=1S/C11H21NO3/c1-3-10(11(13)14)12-6-4-5-9(7-12)8-15-2/h9-10H,3-8H2,1-2H3,(H,13,14). The van der Waals surface area contributed by atoms with E-state index in [4.69, 9.17) is 9.84 Å². The van der Waals surface area contributed by atoms with E-state index in [1.54, 1.807) is 7.11 Å². The molecule has 0 radical (unpaired) electrons. The quantitative estimate of drug-likeness (QED) is 0.749. The Labute approximate surface area is 91.2 Å². The molecule has 1 aliphatic rings. The molecule has 88 valence electrons. The Bertz CT molecular complexity index is 206. The van der Waals surface area contributed by atoms with Gasteiger partial charge in [0, 0.05) is 13.7 Å². The lowest BCUT2D eigenvalue weighted by atomic mass is 9.97. The molecule has 1 rings (SSSR count). The summed E-state index contributed by atoms with van der Waals surface area (Å²) in [5, 5.41) is 9.07. The molecular weight excluding hydrogens is 194 g/mol. The summed E-state index contributed by atoms with van der Waals surface area (Å²) in [5.41, 5.74) is 0. The third-order valence-corrected chi connectivity index (χ3v) is 3.07. The average molecular weight is 215 g/mol. The second-order valence-electron chi connectivity index (χ2n) is 4.22. The highest BCUT2D eigenvalue weighted by molar-refractivity contribution is 5.73. The number of aliphatic carboxylic acids is 1. The highest BCUT2D eigenvalue weighted by Gasteiger charge is 2.28. The van der Waals surface area contributed by atoms with Gasteiger partial charge in [0.15, 0.2) is 0 Å². The molecule has 0 aromatic heterocycles. The number of rotatable bonds is 5. The summed E-state index contributed by atoms with van der Waals surface area (Å²) in [7, 11) is 1.70. The zero-order valence-electron chi connectivity index (χ0n) is 9.61. The molecule has 0 aliphatic carbocycles. The second kappa shape index (κ2) is 6.08. The average Bonchev–Trinajstić information content (AvgIpc) is 2.19. The van der Waals surface area contributed by atoms with Crippen LogP contribution in [0.2, 0.25) is 0 Å². The third-order valence-electron chi connectivity index (χ3n) is 3.07. The minimum absolute atomic E-state index is 0.315. The van der Waals surface area contributed by atoms with Crippen LogP contribution in [0.15, 0.2) is 0 Å². The van der Waals surface area contributed by atoms with Gasteiger partial charge in [-0.3, -0.25) is 9.69 Å². The van der Waals surface area contributed by atoms with Crippen molar-refractivity contribution in [2.45, 2.75) is 32.2 Å². The monoisotopic (exact) mass is 215 g/mol. The number of ether oxygens (including phenoxy) is 1. The molecule has 4 heteroatoms. The lowest BCUT2D eigenvalue weighted by Gasteiger charge is -2.35. The summed E-state index contributed by atoms with van der Waals surface area (Å²) in [5.74, 6) is -0.201. The molecular formula is C11H21NO3. The lowest BCUT2D eigenvalue weighted by Crippen LogP contribution is -2.47. The van der Waals surface area contributed by atoms with E-state index in [1.165, 1.54) is 0 Å². The molecule has 1 heterocycles. The maximum absolute atomic E-state index is 11.0. The van der Waals surface area contributed by atoms with Crippen LogP contribution in [0.25, 0.3) is 0 Å². The highest BCUT2D eigenvalue weighted by atomic mass is 16.5. The first-order valence-electron chi connectivity index (χ1n) is 5.64. The molecule has 0 saturated carbocycles. The van der Waals surface area contributed by atoms with Crippen LogP contribution >= 0.6 is 0 Å². The Hall–Kier alpha value is -0.610. The Kier molecular flexibility index (Phi) is 5.05. The smallest absolute Gasteiger partial charge is 0.320 e. The fraction of sp³-hybridized carbons (Fsp3) is 0.909.